The molecule has 0 saturated carbocycles. The third kappa shape index (κ3) is 2.18. The first kappa shape index (κ1) is 11.8. The molecule has 21 heavy (non-hydrogen) atoms. The Balaban J connectivity index is 1.69. The van der Waals surface area contributed by atoms with Crippen molar-refractivity contribution >= 4 is 16.6 Å². The van der Waals surface area contributed by atoms with E-state index in [2.05, 4.69) is 15.1 Å². The largest absolute Gasteiger partial charge is 0.470 e. The second-order valence-electron chi connectivity index (χ2n) is 4.68. The van der Waals surface area contributed by atoms with Gasteiger partial charge >= 0.3 is 0 Å². The van der Waals surface area contributed by atoms with Gasteiger partial charge in [0.05, 0.1) is 11.2 Å². The normalized spacial score (nSPS) is 11.0. The van der Waals surface area contributed by atoms with Gasteiger partial charge in [-0.1, -0.05) is 24.3 Å². The number of aromatic nitrogens is 4. The Hall–Kier alpha value is -2.95. The number of benzene rings is 1. The van der Waals surface area contributed by atoms with Crippen LogP contribution in [0.4, 0.5) is 0 Å². The van der Waals surface area contributed by atoms with Gasteiger partial charge in [-0.05, 0) is 18.2 Å². The van der Waals surface area contributed by atoms with Gasteiger partial charge in [-0.25, -0.2) is 9.50 Å². The Morgan fingerprint density at radius 2 is 1.90 bits per heavy atom. The van der Waals surface area contributed by atoms with Crippen molar-refractivity contribution in [3.8, 4) is 5.88 Å². The lowest BCUT2D eigenvalue weighted by atomic mass is 10.2. The zero-order valence-corrected chi connectivity index (χ0v) is 11.2. The average Bonchev–Trinajstić information content (AvgIpc) is 2.97. The quantitative estimate of drug-likeness (QED) is 0.577. The minimum absolute atomic E-state index is 0.392. The molecule has 4 rings (SSSR count). The molecule has 0 saturated heterocycles. The molecule has 5 heteroatoms. The summed E-state index contributed by atoms with van der Waals surface area (Å²) < 4.78 is 7.49. The molecular weight excluding hydrogens is 264 g/mol. The molecule has 0 aliphatic carbocycles. The summed E-state index contributed by atoms with van der Waals surface area (Å²) in [5, 5.41) is 5.51. The molecule has 0 aliphatic heterocycles. The minimum atomic E-state index is 0.392. The van der Waals surface area contributed by atoms with Gasteiger partial charge in [-0.2, -0.15) is 0 Å². The summed E-state index contributed by atoms with van der Waals surface area (Å²) in [6.45, 7) is 0.392. The maximum atomic E-state index is 5.69. The molecule has 0 fully saturated rings. The van der Waals surface area contributed by atoms with Crippen molar-refractivity contribution in [1.29, 1.82) is 0 Å². The zero-order chi connectivity index (χ0) is 14.1. The fraction of sp³-hybridized carbons (Fsp3) is 0.0625. The first-order chi connectivity index (χ1) is 10.4. The van der Waals surface area contributed by atoms with E-state index in [0.717, 1.165) is 22.2 Å². The van der Waals surface area contributed by atoms with Gasteiger partial charge in [-0.15, -0.1) is 5.10 Å². The molecule has 3 heterocycles. The Labute approximate surface area is 120 Å². The summed E-state index contributed by atoms with van der Waals surface area (Å²) in [5.41, 5.74) is 2.65. The Kier molecular flexibility index (Phi) is 2.74. The molecule has 0 atom stereocenters. The van der Waals surface area contributed by atoms with Gasteiger partial charge in [0.15, 0.2) is 5.65 Å². The molecule has 0 unspecified atom stereocenters. The van der Waals surface area contributed by atoms with Crippen LogP contribution in [0.15, 0.2) is 60.9 Å². The van der Waals surface area contributed by atoms with E-state index in [4.69, 9.17) is 4.74 Å². The number of ether oxygens (including phenoxy) is 1. The molecule has 0 spiro atoms. The van der Waals surface area contributed by atoms with Crippen LogP contribution in [-0.4, -0.2) is 19.6 Å². The van der Waals surface area contributed by atoms with Crippen LogP contribution < -0.4 is 4.74 Å². The van der Waals surface area contributed by atoms with Crippen molar-refractivity contribution in [3.05, 3.63) is 66.6 Å². The summed E-state index contributed by atoms with van der Waals surface area (Å²) in [4.78, 5) is 8.61. The number of para-hydroxylation sites is 1. The Bertz CT molecular complexity index is 902. The summed E-state index contributed by atoms with van der Waals surface area (Å²) in [7, 11) is 0. The van der Waals surface area contributed by atoms with Crippen molar-refractivity contribution in [1.82, 2.24) is 19.6 Å². The molecular formula is C16H12N4O. The number of fused-ring (bicyclic) bond motifs is 3. The molecule has 102 valence electrons. The fourth-order valence-corrected chi connectivity index (χ4v) is 2.25. The van der Waals surface area contributed by atoms with E-state index in [1.54, 1.807) is 10.7 Å². The van der Waals surface area contributed by atoms with Gasteiger partial charge in [0.1, 0.15) is 6.61 Å². The van der Waals surface area contributed by atoms with Crippen LogP contribution in [0, 0.1) is 0 Å². The lowest BCUT2D eigenvalue weighted by molar-refractivity contribution is 0.288. The van der Waals surface area contributed by atoms with Crippen molar-refractivity contribution in [3.63, 3.8) is 0 Å². The van der Waals surface area contributed by atoms with Crippen LogP contribution in [0.1, 0.15) is 5.69 Å². The van der Waals surface area contributed by atoms with E-state index < -0.39 is 0 Å². The topological polar surface area (TPSA) is 52.3 Å². The standard InChI is InChI=1S/C16H12N4O/c1-2-7-14-12(5-1)10-18-15-9-16(19-20(14)15)21-11-13-6-3-4-8-17-13/h1-10H,11H2. The number of rotatable bonds is 3. The number of pyridine rings is 1. The van der Waals surface area contributed by atoms with Crippen LogP contribution in [-0.2, 0) is 6.61 Å². The molecule has 0 radical (unpaired) electrons. The van der Waals surface area contributed by atoms with Crippen LogP contribution in [0.3, 0.4) is 0 Å². The lowest BCUT2D eigenvalue weighted by Gasteiger charge is -2.01. The van der Waals surface area contributed by atoms with Crippen LogP contribution in [0.2, 0.25) is 0 Å². The first-order valence-corrected chi connectivity index (χ1v) is 6.66. The van der Waals surface area contributed by atoms with Crippen molar-refractivity contribution in [2.75, 3.05) is 0 Å². The highest BCUT2D eigenvalue weighted by Crippen LogP contribution is 2.18. The van der Waals surface area contributed by atoms with Crippen molar-refractivity contribution < 1.29 is 4.74 Å². The Morgan fingerprint density at radius 3 is 2.81 bits per heavy atom. The van der Waals surface area contributed by atoms with Crippen LogP contribution in [0.5, 0.6) is 5.88 Å². The predicted molar refractivity (Wildman–Crippen MR) is 79.1 cm³/mol. The van der Waals surface area contributed by atoms with Crippen molar-refractivity contribution in [2.24, 2.45) is 0 Å². The highest BCUT2D eigenvalue weighted by atomic mass is 16.5. The highest BCUT2D eigenvalue weighted by molar-refractivity contribution is 5.80. The van der Waals surface area contributed by atoms with Gasteiger partial charge in [0.2, 0.25) is 5.88 Å². The van der Waals surface area contributed by atoms with E-state index in [-0.39, 0.29) is 0 Å². The third-order valence-corrected chi connectivity index (χ3v) is 3.26. The van der Waals surface area contributed by atoms with Gasteiger partial charge in [0, 0.05) is 23.8 Å². The molecule has 0 bridgehead atoms. The summed E-state index contributed by atoms with van der Waals surface area (Å²) in [6, 6.07) is 15.6. The van der Waals surface area contributed by atoms with E-state index in [0.29, 0.717) is 12.5 Å². The van der Waals surface area contributed by atoms with Gasteiger partial charge < -0.3 is 4.74 Å². The maximum Gasteiger partial charge on any atom is 0.235 e. The molecule has 3 aromatic heterocycles. The molecule has 0 amide bonds. The lowest BCUT2D eigenvalue weighted by Crippen LogP contribution is -1.98. The Morgan fingerprint density at radius 1 is 1.00 bits per heavy atom. The summed E-state index contributed by atoms with van der Waals surface area (Å²) in [6.07, 6.45) is 3.59. The second-order valence-corrected chi connectivity index (χ2v) is 4.68. The molecule has 0 aliphatic rings. The van der Waals surface area contributed by atoms with Gasteiger partial charge in [0.25, 0.3) is 0 Å². The van der Waals surface area contributed by atoms with Gasteiger partial charge in [-0.3, -0.25) is 4.98 Å². The fourth-order valence-electron chi connectivity index (χ4n) is 2.25. The van der Waals surface area contributed by atoms with Crippen molar-refractivity contribution in [2.45, 2.75) is 6.61 Å². The van der Waals surface area contributed by atoms with E-state index in [9.17, 15) is 0 Å². The molecule has 4 aromatic rings. The summed E-state index contributed by atoms with van der Waals surface area (Å²) in [5.74, 6) is 0.546. The molecule has 0 N–H and O–H groups in total. The number of hydrogen-bond acceptors (Lipinski definition) is 4. The van der Waals surface area contributed by atoms with E-state index >= 15 is 0 Å². The highest BCUT2D eigenvalue weighted by Gasteiger charge is 2.07. The summed E-state index contributed by atoms with van der Waals surface area (Å²) >= 11 is 0. The first-order valence-electron chi connectivity index (χ1n) is 6.66. The maximum absolute atomic E-state index is 5.69. The smallest absolute Gasteiger partial charge is 0.235 e. The van der Waals surface area contributed by atoms with Crippen LogP contribution in [0.25, 0.3) is 16.6 Å². The average molecular weight is 276 g/mol. The SMILES string of the molecule is c1ccc(COc2cc3ncc4ccccc4n3n2)nc1. The van der Waals surface area contributed by atoms with E-state index in [1.807, 2.05) is 54.7 Å². The molecule has 5 nitrogen and oxygen atoms in total. The number of hydrogen-bond donors (Lipinski definition) is 0. The second kappa shape index (κ2) is 4.86. The third-order valence-electron chi connectivity index (χ3n) is 3.26. The number of nitrogens with zero attached hydrogens (tertiary/aromatic N) is 4. The minimum Gasteiger partial charge on any atom is -0.470 e. The molecule has 1 aromatic carbocycles. The monoisotopic (exact) mass is 276 g/mol. The van der Waals surface area contributed by atoms with Crippen LogP contribution >= 0.6 is 0 Å². The van der Waals surface area contributed by atoms with E-state index in [1.165, 1.54) is 0 Å². The predicted octanol–water partition coefficient (Wildman–Crippen LogP) is 2.86. The zero-order valence-electron chi connectivity index (χ0n) is 11.2.